The molecule has 0 atom stereocenters. The van der Waals surface area contributed by atoms with E-state index in [1.165, 1.54) is 0 Å². The smallest absolute Gasteiger partial charge is 0.123 e. The standard InChI is InChI=1S/C13H20O2/c1-10-7-11(14)9-12(8-10)15-6-5-13(2,3)4/h7-9,14H,5-6H2,1-4H3. The van der Waals surface area contributed by atoms with E-state index in [1.54, 1.807) is 12.1 Å². The van der Waals surface area contributed by atoms with Crippen molar-refractivity contribution in [1.82, 2.24) is 0 Å². The van der Waals surface area contributed by atoms with Crippen LogP contribution < -0.4 is 4.74 Å². The van der Waals surface area contributed by atoms with Gasteiger partial charge in [0, 0.05) is 6.07 Å². The molecule has 2 heteroatoms. The molecule has 1 aromatic rings. The van der Waals surface area contributed by atoms with E-state index in [9.17, 15) is 5.11 Å². The highest BCUT2D eigenvalue weighted by Gasteiger charge is 2.10. The van der Waals surface area contributed by atoms with Crippen LogP contribution in [0.15, 0.2) is 18.2 Å². The van der Waals surface area contributed by atoms with E-state index in [1.807, 2.05) is 13.0 Å². The third kappa shape index (κ3) is 4.73. The molecule has 0 saturated heterocycles. The van der Waals surface area contributed by atoms with Gasteiger partial charge in [-0.2, -0.15) is 0 Å². The maximum Gasteiger partial charge on any atom is 0.123 e. The van der Waals surface area contributed by atoms with Gasteiger partial charge in [-0.3, -0.25) is 0 Å². The lowest BCUT2D eigenvalue weighted by Crippen LogP contribution is -2.11. The third-order valence-electron chi connectivity index (χ3n) is 2.16. The van der Waals surface area contributed by atoms with Crippen molar-refractivity contribution < 1.29 is 9.84 Å². The molecule has 0 spiro atoms. The number of phenolic OH excluding ortho intramolecular Hbond substituents is 1. The van der Waals surface area contributed by atoms with Crippen LogP contribution in [-0.2, 0) is 0 Å². The molecule has 0 aromatic heterocycles. The lowest BCUT2D eigenvalue weighted by Gasteiger charge is -2.18. The van der Waals surface area contributed by atoms with Crippen molar-refractivity contribution in [3.63, 3.8) is 0 Å². The number of ether oxygens (including phenoxy) is 1. The molecule has 0 unspecified atom stereocenters. The van der Waals surface area contributed by atoms with E-state index in [0.717, 1.165) is 17.7 Å². The Kier molecular flexibility index (Phi) is 3.61. The van der Waals surface area contributed by atoms with Crippen LogP contribution in [0.2, 0.25) is 0 Å². The summed E-state index contributed by atoms with van der Waals surface area (Å²) in [6.07, 6.45) is 1.00. The maximum atomic E-state index is 9.37. The Balaban J connectivity index is 2.51. The minimum Gasteiger partial charge on any atom is -0.508 e. The minimum atomic E-state index is 0.265. The fourth-order valence-corrected chi connectivity index (χ4v) is 1.29. The third-order valence-corrected chi connectivity index (χ3v) is 2.16. The number of phenols is 1. The molecule has 0 amide bonds. The van der Waals surface area contributed by atoms with Crippen LogP contribution in [0.25, 0.3) is 0 Å². The molecule has 84 valence electrons. The van der Waals surface area contributed by atoms with Crippen molar-refractivity contribution in [2.45, 2.75) is 34.1 Å². The Morgan fingerprint density at radius 2 is 1.87 bits per heavy atom. The molecule has 0 fully saturated rings. The predicted octanol–water partition coefficient (Wildman–Crippen LogP) is 3.52. The minimum absolute atomic E-state index is 0.265. The Hall–Kier alpha value is -1.18. The monoisotopic (exact) mass is 208 g/mol. The summed E-state index contributed by atoms with van der Waals surface area (Å²) in [6.45, 7) is 9.18. The number of hydrogen-bond donors (Lipinski definition) is 1. The zero-order valence-electron chi connectivity index (χ0n) is 10.0. The summed E-state index contributed by atoms with van der Waals surface area (Å²) < 4.78 is 5.58. The molecule has 0 aliphatic heterocycles. The quantitative estimate of drug-likeness (QED) is 0.823. The van der Waals surface area contributed by atoms with Crippen molar-refractivity contribution in [3.05, 3.63) is 23.8 Å². The molecule has 0 radical (unpaired) electrons. The zero-order valence-corrected chi connectivity index (χ0v) is 10.0. The lowest BCUT2D eigenvalue weighted by atomic mass is 9.93. The van der Waals surface area contributed by atoms with E-state index in [2.05, 4.69) is 20.8 Å². The highest BCUT2D eigenvalue weighted by molar-refractivity contribution is 5.36. The first kappa shape index (κ1) is 11.9. The van der Waals surface area contributed by atoms with E-state index in [-0.39, 0.29) is 11.2 Å². The first-order chi connectivity index (χ1) is 6.87. The van der Waals surface area contributed by atoms with Gasteiger partial charge in [0.2, 0.25) is 0 Å². The largest absolute Gasteiger partial charge is 0.508 e. The van der Waals surface area contributed by atoms with Crippen molar-refractivity contribution in [1.29, 1.82) is 0 Å². The number of aryl methyl sites for hydroxylation is 1. The van der Waals surface area contributed by atoms with Crippen LogP contribution >= 0.6 is 0 Å². The van der Waals surface area contributed by atoms with Crippen molar-refractivity contribution in [2.75, 3.05) is 6.61 Å². The first-order valence-electron chi connectivity index (χ1n) is 5.30. The Morgan fingerprint density at radius 1 is 1.20 bits per heavy atom. The molecular formula is C13H20O2. The molecule has 0 bridgehead atoms. The summed E-state index contributed by atoms with van der Waals surface area (Å²) in [4.78, 5) is 0. The Bertz CT molecular complexity index is 304. The maximum absolute atomic E-state index is 9.37. The van der Waals surface area contributed by atoms with Gasteiger partial charge in [0.05, 0.1) is 6.61 Å². The van der Waals surface area contributed by atoms with Crippen LogP contribution in [0.4, 0.5) is 0 Å². The summed E-state index contributed by atoms with van der Waals surface area (Å²) in [6, 6.07) is 5.30. The van der Waals surface area contributed by atoms with Gasteiger partial charge in [0.1, 0.15) is 11.5 Å². The Labute approximate surface area is 91.9 Å². The fraction of sp³-hybridized carbons (Fsp3) is 0.538. The average Bonchev–Trinajstić information content (AvgIpc) is 1.99. The van der Waals surface area contributed by atoms with Crippen LogP contribution in [-0.4, -0.2) is 11.7 Å². The molecule has 0 aliphatic carbocycles. The second-order valence-electron chi connectivity index (χ2n) is 5.16. The second kappa shape index (κ2) is 4.56. The normalized spacial score (nSPS) is 11.5. The molecule has 1 N–H and O–H groups in total. The number of aromatic hydroxyl groups is 1. The van der Waals surface area contributed by atoms with Gasteiger partial charge in [-0.25, -0.2) is 0 Å². The number of hydrogen-bond acceptors (Lipinski definition) is 2. The highest BCUT2D eigenvalue weighted by atomic mass is 16.5. The number of benzene rings is 1. The van der Waals surface area contributed by atoms with Gasteiger partial charge in [-0.1, -0.05) is 20.8 Å². The topological polar surface area (TPSA) is 29.5 Å². The second-order valence-corrected chi connectivity index (χ2v) is 5.16. The van der Waals surface area contributed by atoms with Crippen molar-refractivity contribution in [2.24, 2.45) is 5.41 Å². The van der Waals surface area contributed by atoms with Gasteiger partial charge < -0.3 is 9.84 Å². The average molecular weight is 208 g/mol. The highest BCUT2D eigenvalue weighted by Crippen LogP contribution is 2.23. The van der Waals surface area contributed by atoms with E-state index >= 15 is 0 Å². The SMILES string of the molecule is Cc1cc(O)cc(OCCC(C)(C)C)c1. The molecule has 0 saturated carbocycles. The van der Waals surface area contributed by atoms with E-state index < -0.39 is 0 Å². The van der Waals surface area contributed by atoms with Crippen molar-refractivity contribution >= 4 is 0 Å². The lowest BCUT2D eigenvalue weighted by molar-refractivity contribution is 0.242. The van der Waals surface area contributed by atoms with Crippen LogP contribution in [0.1, 0.15) is 32.8 Å². The van der Waals surface area contributed by atoms with E-state index in [0.29, 0.717) is 6.61 Å². The molecular weight excluding hydrogens is 188 g/mol. The Morgan fingerprint density at radius 3 is 2.40 bits per heavy atom. The summed E-state index contributed by atoms with van der Waals surface area (Å²) in [5, 5.41) is 9.37. The molecule has 0 aliphatic rings. The van der Waals surface area contributed by atoms with Gasteiger partial charge >= 0.3 is 0 Å². The van der Waals surface area contributed by atoms with Crippen LogP contribution in [0.3, 0.4) is 0 Å². The summed E-state index contributed by atoms with van der Waals surface area (Å²) in [5.74, 6) is 1.01. The zero-order chi connectivity index (χ0) is 11.5. The van der Waals surface area contributed by atoms with Gasteiger partial charge in [-0.05, 0) is 36.5 Å². The fourth-order valence-electron chi connectivity index (χ4n) is 1.29. The summed E-state index contributed by atoms with van der Waals surface area (Å²) >= 11 is 0. The van der Waals surface area contributed by atoms with Crippen molar-refractivity contribution in [3.8, 4) is 11.5 Å². The number of rotatable bonds is 3. The van der Waals surface area contributed by atoms with Crippen LogP contribution in [0, 0.1) is 12.3 Å². The molecule has 1 aromatic carbocycles. The molecule has 15 heavy (non-hydrogen) atoms. The molecule has 0 heterocycles. The molecule has 1 rings (SSSR count). The van der Waals surface area contributed by atoms with Gasteiger partial charge in [-0.15, -0.1) is 0 Å². The van der Waals surface area contributed by atoms with Gasteiger partial charge in [0.25, 0.3) is 0 Å². The van der Waals surface area contributed by atoms with Gasteiger partial charge in [0.15, 0.2) is 0 Å². The first-order valence-corrected chi connectivity index (χ1v) is 5.30. The summed E-state index contributed by atoms with van der Waals surface area (Å²) in [7, 11) is 0. The molecule has 2 nitrogen and oxygen atoms in total. The predicted molar refractivity (Wildman–Crippen MR) is 62.4 cm³/mol. The van der Waals surface area contributed by atoms with Crippen LogP contribution in [0.5, 0.6) is 11.5 Å². The van der Waals surface area contributed by atoms with E-state index in [4.69, 9.17) is 4.74 Å². The summed E-state index contributed by atoms with van der Waals surface area (Å²) in [5.41, 5.74) is 1.30.